The van der Waals surface area contributed by atoms with E-state index in [1.54, 1.807) is 35.3 Å². The molecule has 4 rings (SSSR count). The summed E-state index contributed by atoms with van der Waals surface area (Å²) in [6.07, 6.45) is 5.29. The molecule has 0 unspecified atom stereocenters. The fraction of sp³-hybridized carbons (Fsp3) is 0.350. The third-order valence-corrected chi connectivity index (χ3v) is 5.12. The molecule has 1 aliphatic heterocycles. The van der Waals surface area contributed by atoms with Gasteiger partial charge in [-0.2, -0.15) is 5.10 Å². The van der Waals surface area contributed by atoms with Gasteiger partial charge in [-0.3, -0.25) is 9.69 Å². The molecule has 0 spiro atoms. The SMILES string of the molecule is O=c1ccc(-n2cccn2)nn1CC1CCN(Cc2ccc(F)c(F)c2)CC1. The van der Waals surface area contributed by atoms with E-state index in [1.807, 2.05) is 0 Å². The van der Waals surface area contributed by atoms with E-state index in [9.17, 15) is 13.6 Å². The maximum absolute atomic E-state index is 13.4. The average molecular weight is 385 g/mol. The lowest BCUT2D eigenvalue weighted by molar-refractivity contribution is 0.163. The molecule has 146 valence electrons. The summed E-state index contributed by atoms with van der Waals surface area (Å²) < 4.78 is 29.6. The van der Waals surface area contributed by atoms with Crippen molar-refractivity contribution < 1.29 is 8.78 Å². The number of piperidine rings is 1. The molecule has 1 aliphatic rings. The lowest BCUT2D eigenvalue weighted by atomic mass is 9.96. The first-order valence-corrected chi connectivity index (χ1v) is 9.33. The number of hydrogen-bond donors (Lipinski definition) is 0. The van der Waals surface area contributed by atoms with Gasteiger partial charge in [-0.15, -0.1) is 5.10 Å². The zero-order chi connectivity index (χ0) is 19.5. The minimum absolute atomic E-state index is 0.125. The summed E-state index contributed by atoms with van der Waals surface area (Å²) in [5.41, 5.74) is 0.641. The van der Waals surface area contributed by atoms with Gasteiger partial charge in [0.25, 0.3) is 5.56 Å². The molecule has 3 aromatic rings. The smallest absolute Gasteiger partial charge is 0.266 e. The van der Waals surface area contributed by atoms with E-state index in [0.717, 1.165) is 31.5 Å². The van der Waals surface area contributed by atoms with Crippen LogP contribution in [0.3, 0.4) is 0 Å². The molecule has 1 saturated heterocycles. The van der Waals surface area contributed by atoms with Gasteiger partial charge in [0.2, 0.25) is 0 Å². The molecule has 0 saturated carbocycles. The van der Waals surface area contributed by atoms with E-state index >= 15 is 0 Å². The zero-order valence-electron chi connectivity index (χ0n) is 15.3. The Morgan fingerprint density at radius 2 is 1.89 bits per heavy atom. The van der Waals surface area contributed by atoms with E-state index in [4.69, 9.17) is 0 Å². The van der Waals surface area contributed by atoms with Gasteiger partial charge in [0.1, 0.15) is 0 Å². The van der Waals surface area contributed by atoms with Crippen molar-refractivity contribution in [2.75, 3.05) is 13.1 Å². The Hall–Kier alpha value is -2.87. The topological polar surface area (TPSA) is 56.0 Å². The van der Waals surface area contributed by atoms with E-state index in [1.165, 1.54) is 22.9 Å². The fourth-order valence-electron chi connectivity index (χ4n) is 3.56. The largest absolute Gasteiger partial charge is 0.299 e. The van der Waals surface area contributed by atoms with Gasteiger partial charge in [0, 0.05) is 31.5 Å². The van der Waals surface area contributed by atoms with Crippen molar-refractivity contribution in [1.82, 2.24) is 24.5 Å². The number of hydrogen-bond acceptors (Lipinski definition) is 4. The van der Waals surface area contributed by atoms with Gasteiger partial charge in [0.15, 0.2) is 17.5 Å². The van der Waals surface area contributed by atoms with Crippen LogP contribution in [0.5, 0.6) is 0 Å². The van der Waals surface area contributed by atoms with Crippen molar-refractivity contribution in [2.45, 2.75) is 25.9 Å². The van der Waals surface area contributed by atoms with Gasteiger partial charge in [-0.05, 0) is 61.7 Å². The monoisotopic (exact) mass is 385 g/mol. The standard InChI is InChI=1S/C20H21F2N5O/c21-17-3-2-16(12-18(17)22)13-25-10-6-15(7-11-25)14-27-20(28)5-4-19(24-27)26-9-1-8-23-26/h1-5,8-9,12,15H,6-7,10-11,13-14H2. The van der Waals surface area contributed by atoms with Gasteiger partial charge >= 0.3 is 0 Å². The second kappa shape index (κ2) is 8.02. The maximum atomic E-state index is 13.4. The Kier molecular flexibility index (Phi) is 5.29. The highest BCUT2D eigenvalue weighted by molar-refractivity contribution is 5.18. The first-order chi connectivity index (χ1) is 13.6. The van der Waals surface area contributed by atoms with Crippen LogP contribution in [0.1, 0.15) is 18.4 Å². The molecule has 0 N–H and O–H groups in total. The molecular formula is C20H21F2N5O. The van der Waals surface area contributed by atoms with E-state index in [0.29, 0.717) is 24.8 Å². The summed E-state index contributed by atoms with van der Waals surface area (Å²) in [5.74, 6) is -0.674. The number of likely N-dealkylation sites (tertiary alicyclic amines) is 1. The van der Waals surface area contributed by atoms with Crippen LogP contribution < -0.4 is 5.56 Å². The second-order valence-corrected chi connectivity index (χ2v) is 7.13. The summed E-state index contributed by atoms with van der Waals surface area (Å²) in [6.45, 7) is 2.85. The van der Waals surface area contributed by atoms with Gasteiger partial charge in [-0.1, -0.05) is 6.07 Å². The third kappa shape index (κ3) is 4.17. The molecule has 28 heavy (non-hydrogen) atoms. The van der Waals surface area contributed by atoms with Crippen molar-refractivity contribution in [2.24, 2.45) is 5.92 Å². The van der Waals surface area contributed by atoms with Crippen LogP contribution in [0.15, 0.2) is 53.6 Å². The third-order valence-electron chi connectivity index (χ3n) is 5.12. The number of aromatic nitrogens is 4. The van der Waals surface area contributed by atoms with Crippen molar-refractivity contribution in [3.8, 4) is 5.82 Å². The van der Waals surface area contributed by atoms with Crippen LogP contribution >= 0.6 is 0 Å². The minimum atomic E-state index is -0.822. The van der Waals surface area contributed by atoms with Crippen LogP contribution in [0.2, 0.25) is 0 Å². The summed E-state index contributed by atoms with van der Waals surface area (Å²) in [5, 5.41) is 8.57. The Morgan fingerprint density at radius 3 is 2.61 bits per heavy atom. The summed E-state index contributed by atoms with van der Waals surface area (Å²) in [4.78, 5) is 14.4. The number of benzene rings is 1. The first-order valence-electron chi connectivity index (χ1n) is 9.33. The molecule has 0 radical (unpaired) electrons. The quantitative estimate of drug-likeness (QED) is 0.678. The van der Waals surface area contributed by atoms with Crippen LogP contribution in [0.4, 0.5) is 8.78 Å². The Labute approximate surface area is 161 Å². The predicted octanol–water partition coefficient (Wildman–Crippen LogP) is 2.62. The van der Waals surface area contributed by atoms with Crippen LogP contribution in [-0.2, 0) is 13.1 Å². The molecule has 2 aromatic heterocycles. The molecule has 0 amide bonds. The lowest BCUT2D eigenvalue weighted by Crippen LogP contribution is -2.36. The van der Waals surface area contributed by atoms with E-state index in [-0.39, 0.29) is 5.56 Å². The molecular weight excluding hydrogens is 364 g/mol. The van der Waals surface area contributed by atoms with Crippen molar-refractivity contribution in [3.05, 3.63) is 76.3 Å². The highest BCUT2D eigenvalue weighted by atomic mass is 19.2. The Morgan fingerprint density at radius 1 is 1.07 bits per heavy atom. The van der Waals surface area contributed by atoms with Crippen molar-refractivity contribution in [1.29, 1.82) is 0 Å². The van der Waals surface area contributed by atoms with Gasteiger partial charge in [-0.25, -0.2) is 18.1 Å². The van der Waals surface area contributed by atoms with Crippen LogP contribution in [0, 0.1) is 17.6 Å². The number of rotatable bonds is 5. The molecule has 3 heterocycles. The van der Waals surface area contributed by atoms with Crippen LogP contribution in [0.25, 0.3) is 5.82 Å². The molecule has 0 atom stereocenters. The molecule has 6 nitrogen and oxygen atoms in total. The van der Waals surface area contributed by atoms with Crippen LogP contribution in [-0.4, -0.2) is 37.6 Å². The maximum Gasteiger partial charge on any atom is 0.266 e. The average Bonchev–Trinajstić information content (AvgIpc) is 3.23. The summed E-state index contributed by atoms with van der Waals surface area (Å²) in [7, 11) is 0. The predicted molar refractivity (Wildman–Crippen MR) is 100.0 cm³/mol. The zero-order valence-corrected chi connectivity index (χ0v) is 15.3. The van der Waals surface area contributed by atoms with Crippen molar-refractivity contribution >= 4 is 0 Å². The number of nitrogens with zero attached hydrogens (tertiary/aromatic N) is 5. The Balaban J connectivity index is 1.36. The minimum Gasteiger partial charge on any atom is -0.299 e. The molecule has 0 bridgehead atoms. The lowest BCUT2D eigenvalue weighted by Gasteiger charge is -2.32. The van der Waals surface area contributed by atoms with Gasteiger partial charge < -0.3 is 0 Å². The second-order valence-electron chi connectivity index (χ2n) is 7.13. The normalized spacial score (nSPS) is 15.8. The Bertz CT molecular complexity index is 994. The summed E-state index contributed by atoms with van der Waals surface area (Å²) in [6, 6.07) is 9.03. The van der Waals surface area contributed by atoms with Gasteiger partial charge in [0.05, 0.1) is 0 Å². The molecule has 1 aromatic carbocycles. The highest BCUT2D eigenvalue weighted by Gasteiger charge is 2.21. The fourth-order valence-corrected chi connectivity index (χ4v) is 3.56. The van der Waals surface area contributed by atoms with E-state index < -0.39 is 11.6 Å². The highest BCUT2D eigenvalue weighted by Crippen LogP contribution is 2.21. The molecule has 8 heteroatoms. The first kappa shape index (κ1) is 18.5. The molecule has 0 aliphatic carbocycles. The summed E-state index contributed by atoms with van der Waals surface area (Å²) >= 11 is 0. The van der Waals surface area contributed by atoms with Crippen molar-refractivity contribution in [3.63, 3.8) is 0 Å². The van der Waals surface area contributed by atoms with E-state index in [2.05, 4.69) is 15.1 Å². The number of halogens is 2. The molecule has 1 fully saturated rings.